The second kappa shape index (κ2) is 11.0. The number of hydrogen-bond acceptors (Lipinski definition) is 11. The zero-order valence-corrected chi connectivity index (χ0v) is 20.6. The maximum absolute atomic E-state index is 12.1. The van der Waals surface area contributed by atoms with Gasteiger partial charge in [0.2, 0.25) is 0 Å². The molecule has 0 unspecified atom stereocenters. The number of aromatic nitrogens is 1. The molecule has 1 aliphatic carbocycles. The van der Waals surface area contributed by atoms with E-state index in [2.05, 4.69) is 6.07 Å². The van der Waals surface area contributed by atoms with Crippen LogP contribution in [0, 0.1) is 16.0 Å². The number of aryl methyl sites for hydroxylation is 1. The third-order valence-electron chi connectivity index (χ3n) is 5.63. The third-order valence-corrected chi connectivity index (χ3v) is 6.05. The van der Waals surface area contributed by atoms with Crippen LogP contribution in [0.1, 0.15) is 57.2 Å². The quantitative estimate of drug-likeness (QED) is 0.317. The number of hydrogen-bond donors (Lipinski definition) is 0. The lowest BCUT2D eigenvalue weighted by atomic mass is 9.96. The zero-order chi connectivity index (χ0) is 25.9. The first-order valence-electron chi connectivity index (χ1n) is 11.0. The molecule has 12 heteroatoms. The molecule has 0 aromatic carbocycles. The van der Waals surface area contributed by atoms with Crippen LogP contribution in [-0.2, 0) is 55.7 Å². The lowest BCUT2D eigenvalue weighted by Crippen LogP contribution is -2.60. The summed E-state index contributed by atoms with van der Waals surface area (Å²) in [4.78, 5) is 47.6. The van der Waals surface area contributed by atoms with Gasteiger partial charge < -0.3 is 28.3 Å². The summed E-state index contributed by atoms with van der Waals surface area (Å²) >= 11 is 5.59. The molecule has 0 bridgehead atoms. The Labute approximate surface area is 206 Å². The monoisotopic (exact) mass is 506 g/mol. The average molecular weight is 507 g/mol. The van der Waals surface area contributed by atoms with Crippen molar-refractivity contribution in [2.75, 3.05) is 6.61 Å². The molecule has 5 atom stereocenters. The fourth-order valence-corrected chi connectivity index (χ4v) is 4.75. The van der Waals surface area contributed by atoms with E-state index in [0.29, 0.717) is 12.8 Å². The fraction of sp³-hybridized carbons (Fsp3) is 0.565. The van der Waals surface area contributed by atoms with Crippen molar-refractivity contribution >= 4 is 36.1 Å². The summed E-state index contributed by atoms with van der Waals surface area (Å²) < 4.78 is 29.5. The Kier molecular flexibility index (Phi) is 8.24. The Hall–Kier alpha value is -3.30. The predicted molar refractivity (Wildman–Crippen MR) is 119 cm³/mol. The molecule has 11 nitrogen and oxygen atoms in total. The Morgan fingerprint density at radius 2 is 1.60 bits per heavy atom. The zero-order valence-electron chi connectivity index (χ0n) is 19.8. The molecule has 188 valence electrons. The van der Waals surface area contributed by atoms with Crippen LogP contribution in [0.5, 0.6) is 0 Å². The average Bonchev–Trinajstić information content (AvgIpc) is 3.22. The van der Waals surface area contributed by atoms with Gasteiger partial charge in [-0.3, -0.25) is 19.2 Å². The molecule has 1 aliphatic heterocycles. The van der Waals surface area contributed by atoms with E-state index >= 15 is 0 Å². The summed E-state index contributed by atoms with van der Waals surface area (Å²) in [6.45, 7) is 4.33. The standard InChI is InChI=1S/C23H26N2O9S/c1-11(26)30-10-18-19(31-12(2)27)20(32-13(3)28)21(33-14(4)29)22(34-18)25-17-7-5-6-15(17)8-16(9-24)23(25)35/h8,18-22H,5-7,10H2,1-4H3/t18-,19-,20+,21+,22-/m1/s1. The number of nitrogens with zero attached hydrogens (tertiary/aromatic N) is 2. The van der Waals surface area contributed by atoms with E-state index in [1.54, 1.807) is 10.6 Å². The first kappa shape index (κ1) is 26.3. The molecule has 1 aromatic rings. The SMILES string of the molecule is CC(=O)OC[C@H]1O[C@@H](n2c3c(cc(C#N)c2=S)CCC3)[C@@H](OC(C)=O)[C@@H](OC(C)=O)[C@@H]1OC(C)=O. The van der Waals surface area contributed by atoms with Gasteiger partial charge in [0.25, 0.3) is 0 Å². The van der Waals surface area contributed by atoms with Gasteiger partial charge in [-0.15, -0.1) is 0 Å². The van der Waals surface area contributed by atoms with E-state index in [1.807, 2.05) is 0 Å². The number of esters is 4. The molecular formula is C23H26N2O9S. The molecular weight excluding hydrogens is 480 g/mol. The topological polar surface area (TPSA) is 143 Å². The highest BCUT2D eigenvalue weighted by Crippen LogP contribution is 2.38. The van der Waals surface area contributed by atoms with E-state index in [1.165, 1.54) is 13.8 Å². The largest absolute Gasteiger partial charge is 0.463 e. The second-order valence-electron chi connectivity index (χ2n) is 8.26. The highest BCUT2D eigenvalue weighted by atomic mass is 32.1. The fourth-order valence-electron chi connectivity index (χ4n) is 4.43. The molecule has 0 radical (unpaired) electrons. The van der Waals surface area contributed by atoms with E-state index in [4.69, 9.17) is 35.9 Å². The highest BCUT2D eigenvalue weighted by molar-refractivity contribution is 7.71. The number of nitriles is 1. The van der Waals surface area contributed by atoms with Crippen molar-refractivity contribution in [3.05, 3.63) is 27.5 Å². The van der Waals surface area contributed by atoms with Crippen molar-refractivity contribution in [1.82, 2.24) is 4.57 Å². The second-order valence-corrected chi connectivity index (χ2v) is 8.65. The maximum Gasteiger partial charge on any atom is 0.303 e. The van der Waals surface area contributed by atoms with E-state index < -0.39 is 54.5 Å². The summed E-state index contributed by atoms with van der Waals surface area (Å²) in [5.74, 6) is -2.76. The van der Waals surface area contributed by atoms with Crippen molar-refractivity contribution in [2.45, 2.75) is 77.6 Å². The normalized spacial score (nSPS) is 25.1. The minimum absolute atomic E-state index is 0.147. The lowest BCUT2D eigenvalue weighted by Gasteiger charge is -2.45. The van der Waals surface area contributed by atoms with Crippen LogP contribution in [0.2, 0.25) is 0 Å². The Balaban J connectivity index is 2.21. The van der Waals surface area contributed by atoms with Crippen LogP contribution in [0.4, 0.5) is 0 Å². The molecule has 0 saturated carbocycles. The van der Waals surface area contributed by atoms with Crippen molar-refractivity contribution in [3.63, 3.8) is 0 Å². The first-order chi connectivity index (χ1) is 16.5. The van der Waals surface area contributed by atoms with Crippen LogP contribution in [0.15, 0.2) is 6.07 Å². The van der Waals surface area contributed by atoms with Crippen LogP contribution in [-0.4, -0.2) is 59.5 Å². The summed E-state index contributed by atoms with van der Waals surface area (Å²) in [5, 5.41) is 9.65. The number of rotatable bonds is 6. The molecule has 1 aromatic heterocycles. The van der Waals surface area contributed by atoms with Crippen molar-refractivity contribution in [3.8, 4) is 6.07 Å². The van der Waals surface area contributed by atoms with Crippen molar-refractivity contribution < 1.29 is 42.9 Å². The molecule has 35 heavy (non-hydrogen) atoms. The Bertz CT molecular complexity index is 1140. The molecule has 1 saturated heterocycles. The van der Waals surface area contributed by atoms with Gasteiger partial charge in [0.05, 0.1) is 5.56 Å². The van der Waals surface area contributed by atoms with Crippen molar-refractivity contribution in [2.24, 2.45) is 0 Å². The first-order valence-corrected chi connectivity index (χ1v) is 11.4. The molecule has 0 amide bonds. The van der Waals surface area contributed by atoms with Gasteiger partial charge in [-0.25, -0.2) is 0 Å². The molecule has 2 aliphatic rings. The van der Waals surface area contributed by atoms with E-state index in [-0.39, 0.29) is 16.8 Å². The predicted octanol–water partition coefficient (Wildman–Crippen LogP) is 1.83. The van der Waals surface area contributed by atoms with Gasteiger partial charge in [-0.2, -0.15) is 5.26 Å². The van der Waals surface area contributed by atoms with Crippen LogP contribution >= 0.6 is 12.2 Å². The molecule has 0 spiro atoms. The highest BCUT2D eigenvalue weighted by Gasteiger charge is 2.53. The van der Waals surface area contributed by atoms with Crippen LogP contribution in [0.3, 0.4) is 0 Å². The molecule has 1 fully saturated rings. The maximum atomic E-state index is 12.1. The van der Waals surface area contributed by atoms with Crippen LogP contribution in [0.25, 0.3) is 0 Å². The van der Waals surface area contributed by atoms with Gasteiger partial charge in [0, 0.05) is 33.4 Å². The number of carbonyl (C=O) groups is 4. The van der Waals surface area contributed by atoms with Gasteiger partial charge in [0.1, 0.15) is 23.4 Å². The minimum Gasteiger partial charge on any atom is -0.463 e. The summed E-state index contributed by atoms with van der Waals surface area (Å²) in [7, 11) is 0. The van der Waals surface area contributed by atoms with Gasteiger partial charge in [-0.05, 0) is 30.9 Å². The van der Waals surface area contributed by atoms with Gasteiger partial charge in [-0.1, -0.05) is 12.2 Å². The Morgan fingerprint density at radius 1 is 1.00 bits per heavy atom. The van der Waals surface area contributed by atoms with Crippen LogP contribution < -0.4 is 0 Å². The van der Waals surface area contributed by atoms with Crippen molar-refractivity contribution in [1.29, 1.82) is 5.26 Å². The molecule has 2 heterocycles. The van der Waals surface area contributed by atoms with E-state index in [9.17, 15) is 24.4 Å². The van der Waals surface area contributed by atoms with Gasteiger partial charge in [0.15, 0.2) is 24.5 Å². The number of fused-ring (bicyclic) bond motifs is 1. The molecule has 3 rings (SSSR count). The Morgan fingerprint density at radius 3 is 2.17 bits per heavy atom. The molecule has 0 N–H and O–H groups in total. The number of ether oxygens (including phenoxy) is 5. The summed E-state index contributed by atoms with van der Waals surface area (Å²) in [6, 6.07) is 3.81. The van der Waals surface area contributed by atoms with E-state index in [0.717, 1.165) is 31.5 Å². The summed E-state index contributed by atoms with van der Waals surface area (Å²) in [6.07, 6.45) is -3.99. The van der Waals surface area contributed by atoms with Gasteiger partial charge >= 0.3 is 23.9 Å². The number of pyridine rings is 1. The summed E-state index contributed by atoms with van der Waals surface area (Å²) in [5.41, 5.74) is 1.91. The minimum atomic E-state index is -1.32. The smallest absolute Gasteiger partial charge is 0.303 e. The lowest BCUT2D eigenvalue weighted by molar-refractivity contribution is -0.269. The third kappa shape index (κ3) is 5.86. The number of carbonyl (C=O) groups excluding carboxylic acids is 4.